The SMILES string of the molecule is Ic1[c][nH]cc1. The smallest absolute Gasteiger partial charge is 0.0766 e. The lowest BCUT2D eigenvalue weighted by Crippen LogP contribution is -1.49. The Morgan fingerprint density at radius 3 is 2.83 bits per heavy atom. The molecule has 1 aromatic heterocycles. The molecule has 0 amide bonds. The molecule has 0 saturated carbocycles. The Hall–Kier alpha value is 0.01000. The second-order valence-corrected chi connectivity index (χ2v) is 2.11. The summed E-state index contributed by atoms with van der Waals surface area (Å²) in [6, 6.07) is 1.96. The van der Waals surface area contributed by atoms with E-state index in [1.165, 1.54) is 0 Å². The van der Waals surface area contributed by atoms with Gasteiger partial charge >= 0.3 is 0 Å². The maximum atomic E-state index is 2.86. The van der Waals surface area contributed by atoms with E-state index in [2.05, 4.69) is 33.8 Å². The van der Waals surface area contributed by atoms with Crippen molar-refractivity contribution in [2.75, 3.05) is 0 Å². The molecule has 1 aromatic rings. The summed E-state index contributed by atoms with van der Waals surface area (Å²) >= 11 is 2.19. The van der Waals surface area contributed by atoms with Gasteiger partial charge in [0.25, 0.3) is 0 Å². The van der Waals surface area contributed by atoms with Gasteiger partial charge in [0, 0.05) is 9.77 Å². The highest BCUT2D eigenvalue weighted by Crippen LogP contribution is 1.97. The Labute approximate surface area is 49.9 Å². The highest BCUT2D eigenvalue weighted by molar-refractivity contribution is 14.1. The van der Waals surface area contributed by atoms with Gasteiger partial charge in [-0.2, -0.15) is 0 Å². The lowest BCUT2D eigenvalue weighted by atomic mass is 10.7. The first-order valence-electron chi connectivity index (χ1n) is 1.60. The van der Waals surface area contributed by atoms with Crippen LogP contribution in [0.3, 0.4) is 0 Å². The minimum atomic E-state index is 1.13. The number of rotatable bonds is 0. The van der Waals surface area contributed by atoms with Crippen LogP contribution in [0.4, 0.5) is 0 Å². The first kappa shape index (κ1) is 4.18. The number of aromatic amines is 1. The van der Waals surface area contributed by atoms with Crippen molar-refractivity contribution in [2.45, 2.75) is 0 Å². The predicted molar refractivity (Wildman–Crippen MR) is 32.3 cm³/mol. The van der Waals surface area contributed by atoms with Crippen molar-refractivity contribution in [3.63, 3.8) is 0 Å². The molecule has 2 heteroatoms. The molecule has 0 unspecified atom stereocenters. The summed E-state index contributed by atoms with van der Waals surface area (Å²) in [5, 5.41) is 0. The summed E-state index contributed by atoms with van der Waals surface area (Å²) in [5.74, 6) is 0. The van der Waals surface area contributed by atoms with Gasteiger partial charge in [0.05, 0.1) is 6.20 Å². The standard InChI is InChI=1S/C4H3IN/c5-4-1-2-6-3-4/h1-2,6H. The van der Waals surface area contributed by atoms with Crippen molar-refractivity contribution in [3.8, 4) is 0 Å². The summed E-state index contributed by atoms with van der Waals surface area (Å²) in [6.07, 6.45) is 4.71. The number of hydrogen-bond donors (Lipinski definition) is 1. The largest absolute Gasteiger partial charge is 0.359 e. The third-order valence-corrected chi connectivity index (χ3v) is 1.13. The molecule has 0 spiro atoms. The second-order valence-electron chi connectivity index (χ2n) is 0.951. The zero-order valence-corrected chi connectivity index (χ0v) is 5.19. The minimum Gasteiger partial charge on any atom is -0.359 e. The summed E-state index contributed by atoms with van der Waals surface area (Å²) < 4.78 is 1.13. The zero-order valence-electron chi connectivity index (χ0n) is 3.03. The van der Waals surface area contributed by atoms with Crippen LogP contribution in [0.5, 0.6) is 0 Å². The zero-order chi connectivity index (χ0) is 4.41. The number of halogens is 1. The van der Waals surface area contributed by atoms with Crippen LogP contribution in [0.25, 0.3) is 0 Å². The molecule has 0 aliphatic heterocycles. The predicted octanol–water partition coefficient (Wildman–Crippen LogP) is 1.42. The Morgan fingerprint density at radius 1 is 1.83 bits per heavy atom. The number of hydrogen-bond acceptors (Lipinski definition) is 0. The van der Waals surface area contributed by atoms with Crippen LogP contribution >= 0.6 is 22.6 Å². The van der Waals surface area contributed by atoms with Gasteiger partial charge in [-0.25, -0.2) is 0 Å². The Bertz CT molecular complexity index is 111. The molecule has 0 atom stereocenters. The van der Waals surface area contributed by atoms with Crippen LogP contribution in [0.1, 0.15) is 0 Å². The van der Waals surface area contributed by atoms with E-state index >= 15 is 0 Å². The van der Waals surface area contributed by atoms with Crippen LogP contribution in [-0.4, -0.2) is 4.98 Å². The van der Waals surface area contributed by atoms with Crippen molar-refractivity contribution in [1.82, 2.24) is 4.98 Å². The van der Waals surface area contributed by atoms with E-state index in [0.29, 0.717) is 0 Å². The van der Waals surface area contributed by atoms with Crippen molar-refractivity contribution in [2.24, 2.45) is 0 Å². The fraction of sp³-hybridized carbons (Fsp3) is 0. The number of nitrogens with one attached hydrogen (secondary N) is 1. The molecule has 0 fully saturated rings. The highest BCUT2D eigenvalue weighted by Gasteiger charge is 1.77. The summed E-state index contributed by atoms with van der Waals surface area (Å²) in [5.41, 5.74) is 0. The number of H-pyrrole nitrogens is 1. The van der Waals surface area contributed by atoms with Gasteiger partial charge in [0.2, 0.25) is 0 Å². The van der Waals surface area contributed by atoms with Gasteiger partial charge in [0.15, 0.2) is 0 Å². The van der Waals surface area contributed by atoms with E-state index in [1.54, 1.807) is 0 Å². The van der Waals surface area contributed by atoms with Crippen LogP contribution in [0.2, 0.25) is 0 Å². The van der Waals surface area contributed by atoms with Crippen molar-refractivity contribution >= 4 is 22.6 Å². The quantitative estimate of drug-likeness (QED) is 0.598. The van der Waals surface area contributed by atoms with Crippen LogP contribution < -0.4 is 0 Å². The molecule has 6 heavy (non-hydrogen) atoms. The first-order chi connectivity index (χ1) is 2.89. The topological polar surface area (TPSA) is 15.8 Å². The second kappa shape index (κ2) is 1.64. The normalized spacial score (nSPS) is 8.83. The fourth-order valence-corrected chi connectivity index (χ4v) is 0.603. The van der Waals surface area contributed by atoms with Gasteiger partial charge in [-0.3, -0.25) is 0 Å². The van der Waals surface area contributed by atoms with Gasteiger partial charge in [-0.15, -0.1) is 0 Å². The van der Waals surface area contributed by atoms with E-state index in [1.807, 2.05) is 12.3 Å². The third kappa shape index (κ3) is 0.739. The molecular weight excluding hydrogens is 189 g/mol. The maximum Gasteiger partial charge on any atom is 0.0766 e. The van der Waals surface area contributed by atoms with Crippen LogP contribution in [0, 0.1) is 9.77 Å². The van der Waals surface area contributed by atoms with E-state index in [4.69, 9.17) is 0 Å². The molecule has 1 N–H and O–H groups in total. The molecule has 1 radical (unpaired) electrons. The molecule has 0 saturated heterocycles. The molecule has 1 nitrogen and oxygen atoms in total. The van der Waals surface area contributed by atoms with Crippen molar-refractivity contribution in [3.05, 3.63) is 22.0 Å². The van der Waals surface area contributed by atoms with E-state index < -0.39 is 0 Å². The van der Waals surface area contributed by atoms with Gasteiger partial charge in [-0.05, 0) is 28.7 Å². The highest BCUT2D eigenvalue weighted by atomic mass is 127. The molecule has 0 aliphatic carbocycles. The Morgan fingerprint density at radius 2 is 2.67 bits per heavy atom. The lowest BCUT2D eigenvalue weighted by Gasteiger charge is -1.61. The molecule has 31 valence electrons. The van der Waals surface area contributed by atoms with E-state index in [0.717, 1.165) is 3.57 Å². The van der Waals surface area contributed by atoms with Crippen LogP contribution in [-0.2, 0) is 0 Å². The molecule has 1 rings (SSSR count). The van der Waals surface area contributed by atoms with Crippen LogP contribution in [0.15, 0.2) is 12.3 Å². The summed E-state index contributed by atoms with van der Waals surface area (Å²) in [7, 11) is 0. The average Bonchev–Trinajstić information content (AvgIpc) is 1.86. The molecule has 0 aromatic carbocycles. The average molecular weight is 192 g/mol. The van der Waals surface area contributed by atoms with Crippen molar-refractivity contribution < 1.29 is 0 Å². The minimum absolute atomic E-state index is 1.13. The molecule has 0 aliphatic rings. The van der Waals surface area contributed by atoms with Crippen molar-refractivity contribution in [1.29, 1.82) is 0 Å². The molecule has 1 heterocycles. The van der Waals surface area contributed by atoms with E-state index in [9.17, 15) is 0 Å². The lowest BCUT2D eigenvalue weighted by molar-refractivity contribution is 1.39. The maximum absolute atomic E-state index is 2.86. The van der Waals surface area contributed by atoms with Gasteiger partial charge < -0.3 is 4.98 Å². The summed E-state index contributed by atoms with van der Waals surface area (Å²) in [6.45, 7) is 0. The Kier molecular flexibility index (Phi) is 1.14. The Balaban J connectivity index is 3.05. The van der Waals surface area contributed by atoms with E-state index in [-0.39, 0.29) is 0 Å². The summed E-state index contributed by atoms with van der Waals surface area (Å²) in [4.78, 5) is 2.80. The van der Waals surface area contributed by atoms with Gasteiger partial charge in [0.1, 0.15) is 0 Å². The molecular formula is C4H3IN. The molecule has 0 bridgehead atoms. The monoisotopic (exact) mass is 192 g/mol. The third-order valence-electron chi connectivity index (χ3n) is 0.505. The first-order valence-corrected chi connectivity index (χ1v) is 2.68. The van der Waals surface area contributed by atoms with Gasteiger partial charge in [-0.1, -0.05) is 0 Å². The fourth-order valence-electron chi connectivity index (χ4n) is 0.267. The number of aromatic nitrogens is 1.